The first kappa shape index (κ1) is 8.39. The zero-order valence-electron chi connectivity index (χ0n) is 7.38. The van der Waals surface area contributed by atoms with E-state index < -0.39 is 0 Å². The summed E-state index contributed by atoms with van der Waals surface area (Å²) in [6.45, 7) is 2.25. The van der Waals surface area contributed by atoms with E-state index in [2.05, 4.69) is 13.1 Å². The number of nitrogens with zero attached hydrogens (tertiary/aromatic N) is 2. The van der Waals surface area contributed by atoms with Gasteiger partial charge in [0.1, 0.15) is 0 Å². The molecule has 0 N–H and O–H groups in total. The van der Waals surface area contributed by atoms with Crippen molar-refractivity contribution in [3.05, 3.63) is 0 Å². The van der Waals surface area contributed by atoms with E-state index in [4.69, 9.17) is 5.26 Å². The van der Waals surface area contributed by atoms with Gasteiger partial charge in [-0.15, -0.1) is 0 Å². The first-order valence-corrected chi connectivity index (χ1v) is 4.38. The van der Waals surface area contributed by atoms with Gasteiger partial charge in [0, 0.05) is 13.1 Å². The fourth-order valence-corrected chi connectivity index (χ4v) is 1.95. The zero-order valence-corrected chi connectivity index (χ0v) is 7.38. The third-order valence-electron chi connectivity index (χ3n) is 2.72. The molecule has 0 amide bonds. The van der Waals surface area contributed by atoms with Crippen molar-refractivity contribution in [2.24, 2.45) is 5.92 Å². The second kappa shape index (κ2) is 3.61. The highest BCUT2D eigenvalue weighted by molar-refractivity contribution is 4.85. The molecule has 0 aromatic carbocycles. The molecule has 1 fully saturated rings. The Hall–Kier alpha value is -0.710. The summed E-state index contributed by atoms with van der Waals surface area (Å²) in [4.78, 5) is 1.81. The predicted octanol–water partition coefficient (Wildman–Crippen LogP) is 1.98. The molecular formula is C9H16N2. The van der Waals surface area contributed by atoms with Crippen LogP contribution in [-0.4, -0.2) is 18.0 Å². The van der Waals surface area contributed by atoms with Crippen LogP contribution in [0.4, 0.5) is 0 Å². The lowest BCUT2D eigenvalue weighted by Gasteiger charge is -2.32. The minimum Gasteiger partial charge on any atom is -0.310 e. The Labute approximate surface area is 68.8 Å². The quantitative estimate of drug-likeness (QED) is 0.424. The highest BCUT2D eigenvalue weighted by Crippen LogP contribution is 2.26. The highest BCUT2D eigenvalue weighted by atomic mass is 15.1. The van der Waals surface area contributed by atoms with Crippen LogP contribution in [0.1, 0.15) is 32.6 Å². The van der Waals surface area contributed by atoms with Crippen molar-refractivity contribution < 1.29 is 0 Å². The number of rotatable bonds is 1. The Morgan fingerprint density at radius 1 is 1.36 bits per heavy atom. The van der Waals surface area contributed by atoms with E-state index in [-0.39, 0.29) is 0 Å². The maximum absolute atomic E-state index is 8.68. The van der Waals surface area contributed by atoms with Gasteiger partial charge in [0.15, 0.2) is 6.19 Å². The van der Waals surface area contributed by atoms with E-state index in [0.717, 1.165) is 0 Å². The van der Waals surface area contributed by atoms with Crippen LogP contribution < -0.4 is 0 Å². The molecule has 1 saturated carbocycles. The normalized spacial score (nSPS) is 31.0. The van der Waals surface area contributed by atoms with Crippen LogP contribution in [-0.2, 0) is 0 Å². The molecule has 2 atom stereocenters. The van der Waals surface area contributed by atoms with E-state index in [1.807, 2.05) is 11.9 Å². The molecule has 2 unspecified atom stereocenters. The van der Waals surface area contributed by atoms with Gasteiger partial charge in [-0.2, -0.15) is 5.26 Å². The van der Waals surface area contributed by atoms with Crippen LogP contribution in [0.3, 0.4) is 0 Å². The lowest BCUT2D eigenvalue weighted by atomic mass is 9.85. The summed E-state index contributed by atoms with van der Waals surface area (Å²) in [5.74, 6) is 0.702. The third-order valence-corrected chi connectivity index (χ3v) is 2.72. The lowest BCUT2D eigenvalue weighted by Crippen LogP contribution is -2.35. The fraction of sp³-hybridized carbons (Fsp3) is 0.889. The molecule has 0 saturated heterocycles. The van der Waals surface area contributed by atoms with Crippen LogP contribution in [0.25, 0.3) is 0 Å². The molecule has 1 rings (SSSR count). The molecule has 2 nitrogen and oxygen atoms in total. The molecule has 11 heavy (non-hydrogen) atoms. The Balaban J connectivity index is 2.48. The Morgan fingerprint density at radius 2 is 2.00 bits per heavy atom. The van der Waals surface area contributed by atoms with E-state index in [1.54, 1.807) is 0 Å². The summed E-state index contributed by atoms with van der Waals surface area (Å²) in [5.41, 5.74) is 0. The molecule has 0 radical (unpaired) electrons. The van der Waals surface area contributed by atoms with E-state index in [0.29, 0.717) is 12.0 Å². The van der Waals surface area contributed by atoms with Crippen LogP contribution in [0.2, 0.25) is 0 Å². The molecule has 0 aromatic rings. The second-order valence-corrected chi connectivity index (χ2v) is 3.54. The smallest absolute Gasteiger partial charge is 0.179 e. The largest absolute Gasteiger partial charge is 0.310 e. The molecule has 0 heterocycles. The SMILES string of the molecule is CC1CCCCC1N(C)C#N. The van der Waals surface area contributed by atoms with Crippen LogP contribution in [0.15, 0.2) is 0 Å². The summed E-state index contributed by atoms with van der Waals surface area (Å²) in [5, 5.41) is 8.68. The van der Waals surface area contributed by atoms with Crippen molar-refractivity contribution in [3.63, 3.8) is 0 Å². The third kappa shape index (κ3) is 1.86. The molecule has 1 aliphatic rings. The van der Waals surface area contributed by atoms with Crippen molar-refractivity contribution in [1.29, 1.82) is 5.26 Å². The molecular weight excluding hydrogens is 136 g/mol. The van der Waals surface area contributed by atoms with Crippen molar-refractivity contribution in [2.45, 2.75) is 38.6 Å². The van der Waals surface area contributed by atoms with Gasteiger partial charge in [0.25, 0.3) is 0 Å². The van der Waals surface area contributed by atoms with Gasteiger partial charge >= 0.3 is 0 Å². The summed E-state index contributed by atoms with van der Waals surface area (Å²) in [6.07, 6.45) is 7.32. The van der Waals surface area contributed by atoms with Gasteiger partial charge < -0.3 is 4.90 Å². The predicted molar refractivity (Wildman–Crippen MR) is 44.8 cm³/mol. The lowest BCUT2D eigenvalue weighted by molar-refractivity contribution is 0.194. The van der Waals surface area contributed by atoms with Crippen LogP contribution in [0.5, 0.6) is 0 Å². The van der Waals surface area contributed by atoms with E-state index in [9.17, 15) is 0 Å². The number of hydrogen-bond acceptors (Lipinski definition) is 2. The monoisotopic (exact) mass is 152 g/mol. The molecule has 62 valence electrons. The number of nitriles is 1. The maximum atomic E-state index is 8.68. The molecule has 0 aromatic heterocycles. The van der Waals surface area contributed by atoms with Crippen molar-refractivity contribution in [1.82, 2.24) is 4.90 Å². The zero-order chi connectivity index (χ0) is 8.27. The standard InChI is InChI=1S/C9H16N2/c1-8-5-3-4-6-9(8)11(2)7-10/h8-9H,3-6H2,1-2H3. The first-order valence-electron chi connectivity index (χ1n) is 4.38. The van der Waals surface area contributed by atoms with E-state index in [1.165, 1.54) is 25.7 Å². The van der Waals surface area contributed by atoms with Gasteiger partial charge in [-0.05, 0) is 18.8 Å². The van der Waals surface area contributed by atoms with Gasteiger partial charge in [-0.25, -0.2) is 0 Å². The summed E-state index contributed by atoms with van der Waals surface area (Å²) in [7, 11) is 1.90. The van der Waals surface area contributed by atoms with Crippen molar-refractivity contribution >= 4 is 0 Å². The molecule has 0 spiro atoms. The fourth-order valence-electron chi connectivity index (χ4n) is 1.95. The van der Waals surface area contributed by atoms with Gasteiger partial charge in [-0.3, -0.25) is 0 Å². The average molecular weight is 152 g/mol. The van der Waals surface area contributed by atoms with Gasteiger partial charge in [0.05, 0.1) is 0 Å². The van der Waals surface area contributed by atoms with Crippen molar-refractivity contribution in [2.75, 3.05) is 7.05 Å². The topological polar surface area (TPSA) is 27.0 Å². The molecule has 2 heteroatoms. The molecule has 1 aliphatic carbocycles. The summed E-state index contributed by atoms with van der Waals surface area (Å²) < 4.78 is 0. The van der Waals surface area contributed by atoms with E-state index >= 15 is 0 Å². The maximum Gasteiger partial charge on any atom is 0.179 e. The van der Waals surface area contributed by atoms with Gasteiger partial charge in [-0.1, -0.05) is 19.8 Å². The first-order chi connectivity index (χ1) is 5.25. The van der Waals surface area contributed by atoms with Crippen LogP contribution >= 0.6 is 0 Å². The van der Waals surface area contributed by atoms with Crippen molar-refractivity contribution in [3.8, 4) is 6.19 Å². The minimum absolute atomic E-state index is 0.508. The Morgan fingerprint density at radius 3 is 2.55 bits per heavy atom. The Kier molecular flexibility index (Phi) is 2.76. The molecule has 0 bridgehead atoms. The van der Waals surface area contributed by atoms with Crippen LogP contribution in [0, 0.1) is 17.4 Å². The average Bonchev–Trinajstić information content (AvgIpc) is 2.04. The van der Waals surface area contributed by atoms with Gasteiger partial charge in [0.2, 0.25) is 0 Å². The summed E-state index contributed by atoms with van der Waals surface area (Å²) >= 11 is 0. The minimum atomic E-state index is 0.508. The highest BCUT2D eigenvalue weighted by Gasteiger charge is 2.23. The second-order valence-electron chi connectivity index (χ2n) is 3.54. The summed E-state index contributed by atoms with van der Waals surface area (Å²) in [6, 6.07) is 0.508. The Bertz CT molecular complexity index is 159. The molecule has 0 aliphatic heterocycles. The number of hydrogen-bond donors (Lipinski definition) is 0.